The molecule has 2 nitrogen and oxygen atoms in total. The van der Waals surface area contributed by atoms with E-state index in [-0.39, 0.29) is 0 Å². The number of aromatic nitrogens is 2. The molecule has 7 aromatic rings. The number of hydrogen-bond acceptors (Lipinski definition) is 3. The zero-order valence-electron chi connectivity index (χ0n) is 17.7. The van der Waals surface area contributed by atoms with Crippen LogP contribution in [0.2, 0.25) is 0 Å². The molecule has 7 rings (SSSR count). The Morgan fingerprint density at radius 3 is 2.27 bits per heavy atom. The highest BCUT2D eigenvalue weighted by atomic mass is 32.1. The first-order valence-corrected chi connectivity index (χ1v) is 11.8. The van der Waals surface area contributed by atoms with Gasteiger partial charge in [0.1, 0.15) is 0 Å². The lowest BCUT2D eigenvalue weighted by Gasteiger charge is -2.08. The van der Waals surface area contributed by atoms with Crippen molar-refractivity contribution in [2.24, 2.45) is 0 Å². The highest BCUT2D eigenvalue weighted by Gasteiger charge is 2.09. The van der Waals surface area contributed by atoms with Crippen LogP contribution in [0.5, 0.6) is 0 Å². The molecule has 0 aliphatic rings. The van der Waals surface area contributed by atoms with Gasteiger partial charge in [-0.3, -0.25) is 4.98 Å². The van der Waals surface area contributed by atoms with Crippen molar-refractivity contribution < 1.29 is 0 Å². The molecule has 0 radical (unpaired) electrons. The minimum atomic E-state index is 0.946. The molecule has 0 saturated heterocycles. The van der Waals surface area contributed by atoms with Crippen molar-refractivity contribution in [3.63, 3.8) is 0 Å². The average molecular weight is 439 g/mol. The van der Waals surface area contributed by atoms with E-state index in [9.17, 15) is 0 Å². The average Bonchev–Trinajstić information content (AvgIpc) is 3.26. The van der Waals surface area contributed by atoms with E-state index in [2.05, 4.69) is 102 Å². The van der Waals surface area contributed by atoms with Gasteiger partial charge in [-0.1, -0.05) is 66.7 Å². The summed E-state index contributed by atoms with van der Waals surface area (Å²) in [5, 5.41) is 4.86. The summed E-state index contributed by atoms with van der Waals surface area (Å²) in [7, 11) is 0. The predicted octanol–water partition coefficient (Wildman–Crippen LogP) is 8.48. The van der Waals surface area contributed by atoms with E-state index in [1.54, 1.807) is 0 Å². The van der Waals surface area contributed by atoms with Crippen LogP contribution in [0.3, 0.4) is 0 Å². The van der Waals surface area contributed by atoms with Crippen molar-refractivity contribution in [3.8, 4) is 22.4 Å². The van der Waals surface area contributed by atoms with Gasteiger partial charge in [0.05, 0.1) is 16.7 Å². The topological polar surface area (TPSA) is 25.8 Å². The zero-order valence-corrected chi connectivity index (χ0v) is 18.5. The number of pyridine rings is 2. The molecule has 0 fully saturated rings. The van der Waals surface area contributed by atoms with Crippen LogP contribution in [0, 0.1) is 0 Å². The number of fused-ring (bicyclic) bond motifs is 6. The Morgan fingerprint density at radius 2 is 1.30 bits per heavy atom. The number of nitrogens with zero attached hydrogens (tertiary/aromatic N) is 2. The summed E-state index contributed by atoms with van der Waals surface area (Å²) in [5.74, 6) is 0. The van der Waals surface area contributed by atoms with Crippen LogP contribution in [0.1, 0.15) is 0 Å². The smallest absolute Gasteiger partial charge is 0.0972 e. The second kappa shape index (κ2) is 7.22. The Labute approximate surface area is 194 Å². The maximum Gasteiger partial charge on any atom is 0.0972 e. The first-order valence-electron chi connectivity index (χ1n) is 11.0. The normalized spacial score (nSPS) is 11.6. The second-order valence-corrected chi connectivity index (χ2v) is 9.38. The van der Waals surface area contributed by atoms with E-state index in [1.807, 2.05) is 23.6 Å². The molecular weight excluding hydrogens is 420 g/mol. The van der Waals surface area contributed by atoms with Crippen molar-refractivity contribution in [2.75, 3.05) is 0 Å². The van der Waals surface area contributed by atoms with Crippen LogP contribution in [0.4, 0.5) is 0 Å². The molecule has 3 heteroatoms. The minimum Gasteiger partial charge on any atom is -0.254 e. The van der Waals surface area contributed by atoms with Crippen molar-refractivity contribution in [1.29, 1.82) is 0 Å². The number of benzene rings is 4. The maximum absolute atomic E-state index is 5.03. The van der Waals surface area contributed by atoms with Crippen molar-refractivity contribution in [1.82, 2.24) is 9.97 Å². The van der Waals surface area contributed by atoms with E-state index in [0.29, 0.717) is 0 Å². The highest BCUT2D eigenvalue weighted by molar-refractivity contribution is 7.25. The van der Waals surface area contributed by atoms with Gasteiger partial charge in [-0.25, -0.2) is 4.98 Å². The first kappa shape index (κ1) is 18.5. The molecule has 0 spiro atoms. The molecule has 0 saturated carbocycles. The minimum absolute atomic E-state index is 0.946. The summed E-state index contributed by atoms with van der Waals surface area (Å²) in [6.07, 6.45) is 1.83. The lowest BCUT2D eigenvalue weighted by atomic mass is 9.99. The van der Waals surface area contributed by atoms with Crippen LogP contribution in [-0.4, -0.2) is 9.97 Å². The Hall–Kier alpha value is -4.08. The van der Waals surface area contributed by atoms with Gasteiger partial charge >= 0.3 is 0 Å². The van der Waals surface area contributed by atoms with Gasteiger partial charge in [0.25, 0.3) is 0 Å². The van der Waals surface area contributed by atoms with Gasteiger partial charge in [-0.05, 0) is 47.5 Å². The standard InChI is InChI=1S/C30H18N2S/c1-2-9-27-24(8-1)25-18-22(13-15-28(25)33-27)21-5-3-6-23(17-21)26-14-12-20-11-10-19-7-4-16-31-29(19)30(20)32-26/h1-18H. The molecule has 3 heterocycles. The second-order valence-electron chi connectivity index (χ2n) is 8.30. The molecule has 3 aromatic heterocycles. The first-order chi connectivity index (χ1) is 16.3. The Kier molecular flexibility index (Phi) is 4.05. The van der Waals surface area contributed by atoms with Gasteiger partial charge in [0.15, 0.2) is 0 Å². The lowest BCUT2D eigenvalue weighted by molar-refractivity contribution is 1.37. The fourth-order valence-electron chi connectivity index (χ4n) is 4.65. The summed E-state index contributed by atoms with van der Waals surface area (Å²) in [6, 6.07) is 36.6. The summed E-state index contributed by atoms with van der Waals surface area (Å²) >= 11 is 1.85. The fourth-order valence-corrected chi connectivity index (χ4v) is 5.73. The van der Waals surface area contributed by atoms with Crippen molar-refractivity contribution in [2.45, 2.75) is 0 Å². The molecule has 0 atom stereocenters. The van der Waals surface area contributed by atoms with Gasteiger partial charge in [0.2, 0.25) is 0 Å². The van der Waals surface area contributed by atoms with E-state index in [1.165, 1.54) is 31.3 Å². The molecule has 0 unspecified atom stereocenters. The molecule has 154 valence electrons. The molecule has 0 aliphatic heterocycles. The van der Waals surface area contributed by atoms with E-state index in [4.69, 9.17) is 4.98 Å². The van der Waals surface area contributed by atoms with Crippen LogP contribution in [0.25, 0.3) is 64.4 Å². The molecule has 0 aliphatic carbocycles. The maximum atomic E-state index is 5.03. The Balaban J connectivity index is 1.37. The van der Waals surface area contributed by atoms with Crippen LogP contribution in [0.15, 0.2) is 109 Å². The zero-order chi connectivity index (χ0) is 21.8. The van der Waals surface area contributed by atoms with Crippen LogP contribution >= 0.6 is 11.3 Å². The summed E-state index contributed by atoms with van der Waals surface area (Å²) < 4.78 is 2.66. The van der Waals surface area contributed by atoms with E-state index < -0.39 is 0 Å². The van der Waals surface area contributed by atoms with Crippen molar-refractivity contribution in [3.05, 3.63) is 109 Å². The Bertz CT molecular complexity index is 1830. The molecule has 0 N–H and O–H groups in total. The number of rotatable bonds is 2. The summed E-state index contributed by atoms with van der Waals surface area (Å²) in [5.41, 5.74) is 6.38. The molecule has 4 aromatic carbocycles. The molecule has 0 amide bonds. The molecule has 33 heavy (non-hydrogen) atoms. The molecule has 0 bridgehead atoms. The number of thiophene rings is 1. The van der Waals surface area contributed by atoms with E-state index in [0.717, 1.165) is 33.1 Å². The number of hydrogen-bond donors (Lipinski definition) is 0. The van der Waals surface area contributed by atoms with Gasteiger partial charge in [0, 0.05) is 42.7 Å². The third-order valence-electron chi connectivity index (χ3n) is 6.30. The molecular formula is C30H18N2S. The van der Waals surface area contributed by atoms with Gasteiger partial charge in [-0.15, -0.1) is 11.3 Å². The fraction of sp³-hybridized carbons (Fsp3) is 0. The van der Waals surface area contributed by atoms with Crippen LogP contribution in [-0.2, 0) is 0 Å². The Morgan fingerprint density at radius 1 is 0.515 bits per heavy atom. The van der Waals surface area contributed by atoms with E-state index >= 15 is 0 Å². The van der Waals surface area contributed by atoms with Gasteiger partial charge in [-0.2, -0.15) is 0 Å². The lowest BCUT2D eigenvalue weighted by Crippen LogP contribution is -1.89. The predicted molar refractivity (Wildman–Crippen MR) is 141 cm³/mol. The van der Waals surface area contributed by atoms with Crippen molar-refractivity contribution >= 4 is 53.3 Å². The summed E-state index contributed by atoms with van der Waals surface area (Å²) in [6.45, 7) is 0. The van der Waals surface area contributed by atoms with Crippen LogP contribution < -0.4 is 0 Å². The third-order valence-corrected chi connectivity index (χ3v) is 7.45. The summed E-state index contributed by atoms with van der Waals surface area (Å²) in [4.78, 5) is 9.63. The monoisotopic (exact) mass is 438 g/mol. The largest absolute Gasteiger partial charge is 0.254 e. The quantitative estimate of drug-likeness (QED) is 0.253. The third kappa shape index (κ3) is 3.01. The highest BCUT2D eigenvalue weighted by Crippen LogP contribution is 2.37. The van der Waals surface area contributed by atoms with Gasteiger partial charge < -0.3 is 0 Å². The SMILES string of the molecule is c1cc(-c2ccc3sc4ccccc4c3c2)cc(-c2ccc3ccc4cccnc4c3n2)c1.